The topological polar surface area (TPSA) is 106 Å². The van der Waals surface area contributed by atoms with Gasteiger partial charge in [0.1, 0.15) is 23.5 Å². The predicted octanol–water partition coefficient (Wildman–Crippen LogP) is 2.64. The van der Waals surface area contributed by atoms with Crippen molar-refractivity contribution in [3.63, 3.8) is 0 Å². The van der Waals surface area contributed by atoms with E-state index < -0.39 is 11.8 Å². The molecule has 0 atom stereocenters. The van der Waals surface area contributed by atoms with Gasteiger partial charge in [0.05, 0.1) is 11.6 Å². The van der Waals surface area contributed by atoms with Crippen LogP contribution in [0.1, 0.15) is 32.1 Å². The first-order chi connectivity index (χ1) is 14.5. The van der Waals surface area contributed by atoms with Gasteiger partial charge in [0.15, 0.2) is 0 Å². The van der Waals surface area contributed by atoms with Crippen molar-refractivity contribution in [3.8, 4) is 5.88 Å². The van der Waals surface area contributed by atoms with Crippen LogP contribution in [0.2, 0.25) is 0 Å². The first kappa shape index (κ1) is 21.3. The monoisotopic (exact) mass is 473 g/mol. The number of carbonyl (C=O) groups is 2. The zero-order chi connectivity index (χ0) is 21.5. The molecule has 154 valence electrons. The molecule has 2 N–H and O–H groups in total. The molecular weight excluding hydrogens is 457 g/mol. The van der Waals surface area contributed by atoms with E-state index in [0.717, 1.165) is 11.9 Å². The summed E-state index contributed by atoms with van der Waals surface area (Å²) in [5.41, 5.74) is 1.60. The number of pyridine rings is 1. The van der Waals surface area contributed by atoms with E-state index in [0.29, 0.717) is 15.9 Å². The fraction of sp³-hybridized carbons (Fsp3) is 0.150. The SMILES string of the molecule is COc1cc(CNC(=O)c2cc(C(=O)NCc3ccc(F)c(Br)c3)ncn2)ccn1. The molecule has 2 heterocycles. The summed E-state index contributed by atoms with van der Waals surface area (Å²) in [6.45, 7) is 0.413. The molecule has 0 bridgehead atoms. The third-order valence-electron chi connectivity index (χ3n) is 4.03. The summed E-state index contributed by atoms with van der Waals surface area (Å²) >= 11 is 3.10. The molecule has 3 rings (SSSR count). The third kappa shape index (κ3) is 5.57. The molecule has 8 nitrogen and oxygen atoms in total. The van der Waals surface area contributed by atoms with Gasteiger partial charge in [0, 0.05) is 31.4 Å². The number of amides is 2. The summed E-state index contributed by atoms with van der Waals surface area (Å²) in [5, 5.41) is 5.39. The maximum Gasteiger partial charge on any atom is 0.270 e. The Labute approximate surface area is 180 Å². The summed E-state index contributed by atoms with van der Waals surface area (Å²) in [6.07, 6.45) is 2.72. The highest BCUT2D eigenvalue weighted by molar-refractivity contribution is 9.10. The molecule has 0 aliphatic rings. The van der Waals surface area contributed by atoms with Gasteiger partial charge in [-0.25, -0.2) is 19.3 Å². The van der Waals surface area contributed by atoms with E-state index in [9.17, 15) is 14.0 Å². The molecule has 1 aromatic carbocycles. The molecule has 10 heteroatoms. The van der Waals surface area contributed by atoms with E-state index in [-0.39, 0.29) is 30.3 Å². The third-order valence-corrected chi connectivity index (χ3v) is 4.64. The van der Waals surface area contributed by atoms with Crippen LogP contribution >= 0.6 is 15.9 Å². The van der Waals surface area contributed by atoms with E-state index in [4.69, 9.17) is 4.74 Å². The van der Waals surface area contributed by atoms with Crippen LogP contribution in [0.25, 0.3) is 0 Å². The Bertz CT molecular complexity index is 1080. The number of carbonyl (C=O) groups excluding carboxylic acids is 2. The van der Waals surface area contributed by atoms with Crippen LogP contribution < -0.4 is 15.4 Å². The minimum Gasteiger partial charge on any atom is -0.481 e. The largest absolute Gasteiger partial charge is 0.481 e. The van der Waals surface area contributed by atoms with Gasteiger partial charge in [-0.2, -0.15) is 0 Å². The summed E-state index contributed by atoms with van der Waals surface area (Å²) in [5.74, 6) is -0.881. The van der Waals surface area contributed by atoms with E-state index in [2.05, 4.69) is 41.5 Å². The molecule has 2 amide bonds. The van der Waals surface area contributed by atoms with Gasteiger partial charge in [-0.3, -0.25) is 9.59 Å². The van der Waals surface area contributed by atoms with E-state index in [1.54, 1.807) is 30.5 Å². The fourth-order valence-corrected chi connectivity index (χ4v) is 2.90. The lowest BCUT2D eigenvalue weighted by molar-refractivity contribution is 0.0944. The Hall–Kier alpha value is -3.40. The number of rotatable bonds is 7. The lowest BCUT2D eigenvalue weighted by atomic mass is 10.2. The number of benzene rings is 1. The number of ether oxygens (including phenoxy) is 1. The smallest absolute Gasteiger partial charge is 0.270 e. The number of nitrogens with zero attached hydrogens (tertiary/aromatic N) is 3. The molecule has 3 aromatic rings. The Morgan fingerprint density at radius 1 is 0.967 bits per heavy atom. The predicted molar refractivity (Wildman–Crippen MR) is 109 cm³/mol. The van der Waals surface area contributed by atoms with Crippen LogP contribution in [0.4, 0.5) is 4.39 Å². The molecule has 0 saturated carbocycles. The summed E-state index contributed by atoms with van der Waals surface area (Å²) < 4.78 is 18.6. The summed E-state index contributed by atoms with van der Waals surface area (Å²) in [6, 6.07) is 9.19. The maximum atomic E-state index is 13.3. The normalized spacial score (nSPS) is 10.4. The van der Waals surface area contributed by atoms with Gasteiger partial charge < -0.3 is 15.4 Å². The molecule has 0 unspecified atom stereocenters. The number of hydrogen-bond donors (Lipinski definition) is 2. The van der Waals surface area contributed by atoms with Crippen LogP contribution in [-0.2, 0) is 13.1 Å². The Balaban J connectivity index is 1.60. The first-order valence-electron chi connectivity index (χ1n) is 8.77. The van der Waals surface area contributed by atoms with Crippen molar-refractivity contribution in [2.45, 2.75) is 13.1 Å². The number of methoxy groups -OCH3 is 1. The van der Waals surface area contributed by atoms with Crippen molar-refractivity contribution < 1.29 is 18.7 Å². The van der Waals surface area contributed by atoms with Crippen molar-refractivity contribution in [1.29, 1.82) is 0 Å². The van der Waals surface area contributed by atoms with E-state index in [1.165, 1.54) is 19.2 Å². The van der Waals surface area contributed by atoms with Gasteiger partial charge in [0.25, 0.3) is 11.8 Å². The van der Waals surface area contributed by atoms with E-state index >= 15 is 0 Å². The van der Waals surface area contributed by atoms with Crippen molar-refractivity contribution in [1.82, 2.24) is 25.6 Å². The molecule has 0 fully saturated rings. The van der Waals surface area contributed by atoms with Crippen LogP contribution in [-0.4, -0.2) is 33.9 Å². The zero-order valence-corrected chi connectivity index (χ0v) is 17.4. The molecule has 0 spiro atoms. The summed E-state index contributed by atoms with van der Waals surface area (Å²) in [4.78, 5) is 36.6. The number of hydrogen-bond acceptors (Lipinski definition) is 6. The second kappa shape index (κ2) is 9.88. The average Bonchev–Trinajstić information content (AvgIpc) is 2.78. The minimum absolute atomic E-state index is 0.0434. The number of aromatic nitrogens is 3. The van der Waals surface area contributed by atoms with Gasteiger partial charge in [-0.1, -0.05) is 6.07 Å². The Morgan fingerprint density at radius 3 is 2.20 bits per heavy atom. The van der Waals surface area contributed by atoms with Crippen LogP contribution in [0.15, 0.2) is 53.4 Å². The first-order valence-corrected chi connectivity index (χ1v) is 9.57. The van der Waals surface area contributed by atoms with Gasteiger partial charge >= 0.3 is 0 Å². The molecule has 2 aromatic heterocycles. The molecule has 0 aliphatic heterocycles. The lowest BCUT2D eigenvalue weighted by Crippen LogP contribution is -2.27. The number of nitrogens with one attached hydrogen (secondary N) is 2. The highest BCUT2D eigenvalue weighted by Gasteiger charge is 2.13. The lowest BCUT2D eigenvalue weighted by Gasteiger charge is -2.08. The number of halogens is 2. The zero-order valence-electron chi connectivity index (χ0n) is 15.9. The molecular formula is C20H17BrFN5O3. The second-order valence-corrected chi connectivity index (χ2v) is 6.96. The van der Waals surface area contributed by atoms with Crippen molar-refractivity contribution >= 4 is 27.7 Å². The van der Waals surface area contributed by atoms with Crippen LogP contribution in [0.3, 0.4) is 0 Å². The van der Waals surface area contributed by atoms with E-state index in [1.807, 2.05) is 0 Å². The molecule has 0 radical (unpaired) electrons. The highest BCUT2D eigenvalue weighted by atomic mass is 79.9. The van der Waals surface area contributed by atoms with Crippen molar-refractivity contribution in [2.24, 2.45) is 0 Å². The van der Waals surface area contributed by atoms with Gasteiger partial charge in [-0.15, -0.1) is 0 Å². The van der Waals surface area contributed by atoms with Gasteiger partial charge in [0.2, 0.25) is 5.88 Å². The molecule has 0 saturated heterocycles. The second-order valence-electron chi connectivity index (χ2n) is 6.11. The average molecular weight is 474 g/mol. The highest BCUT2D eigenvalue weighted by Crippen LogP contribution is 2.16. The molecule has 0 aliphatic carbocycles. The van der Waals surface area contributed by atoms with Crippen molar-refractivity contribution in [3.05, 3.63) is 81.7 Å². The summed E-state index contributed by atoms with van der Waals surface area (Å²) in [7, 11) is 1.51. The van der Waals surface area contributed by atoms with Crippen LogP contribution in [0, 0.1) is 5.82 Å². The maximum absolute atomic E-state index is 13.3. The fourth-order valence-electron chi connectivity index (χ4n) is 2.47. The van der Waals surface area contributed by atoms with Crippen molar-refractivity contribution in [2.75, 3.05) is 7.11 Å². The quantitative estimate of drug-likeness (QED) is 0.546. The minimum atomic E-state index is -0.481. The standard InChI is InChI=1S/C20H17BrFN5O3/c1-30-18-7-13(4-5-23-18)10-25-20(29)17-8-16(26-11-27-17)19(28)24-9-12-2-3-15(22)14(21)6-12/h2-8,11H,9-10H2,1H3,(H,24,28)(H,25,29). The van der Waals surface area contributed by atoms with Gasteiger partial charge in [-0.05, 0) is 45.3 Å². The Kier molecular flexibility index (Phi) is 7.02. The Morgan fingerprint density at radius 2 is 1.60 bits per heavy atom. The molecule has 30 heavy (non-hydrogen) atoms. The van der Waals surface area contributed by atoms with Crippen LogP contribution in [0.5, 0.6) is 5.88 Å².